The third-order valence-electron chi connectivity index (χ3n) is 3.37. The molecule has 0 aromatic heterocycles. The van der Waals surface area contributed by atoms with Gasteiger partial charge in [-0.2, -0.15) is 0 Å². The van der Waals surface area contributed by atoms with Crippen molar-refractivity contribution in [1.82, 2.24) is 14.9 Å². The largest absolute Gasteiger partial charge is 0.381 e. The Morgan fingerprint density at radius 3 is 2.22 bits per heavy atom. The number of nitrogens with one attached hydrogen (secondary N) is 2. The van der Waals surface area contributed by atoms with Gasteiger partial charge in [0, 0.05) is 46.4 Å². The second kappa shape index (κ2) is 13.6. The minimum atomic E-state index is -3.20. The summed E-state index contributed by atoms with van der Waals surface area (Å²) in [6.07, 6.45) is 3.13. The average molecular weight is 351 g/mol. The lowest BCUT2D eigenvalue weighted by Gasteiger charge is -2.19. The van der Waals surface area contributed by atoms with Crippen molar-refractivity contribution in [2.75, 3.05) is 52.2 Å². The van der Waals surface area contributed by atoms with Crippen molar-refractivity contribution in [3.63, 3.8) is 0 Å². The van der Waals surface area contributed by atoms with E-state index in [2.05, 4.69) is 22.5 Å². The van der Waals surface area contributed by atoms with Crippen LogP contribution in [0.3, 0.4) is 0 Å². The Bertz CT molecular complexity index is 409. The van der Waals surface area contributed by atoms with Gasteiger partial charge in [0.15, 0.2) is 5.96 Å². The van der Waals surface area contributed by atoms with Crippen LogP contribution in [-0.4, -0.2) is 70.9 Å². The zero-order chi connectivity index (χ0) is 17.6. The fourth-order valence-corrected chi connectivity index (χ4v) is 3.40. The van der Waals surface area contributed by atoms with E-state index in [1.54, 1.807) is 7.05 Å². The molecule has 0 aliphatic carbocycles. The molecule has 0 saturated heterocycles. The highest BCUT2D eigenvalue weighted by molar-refractivity contribution is 7.89. The molecular weight excluding hydrogens is 316 g/mol. The van der Waals surface area contributed by atoms with Crippen LogP contribution in [0.15, 0.2) is 4.99 Å². The first kappa shape index (κ1) is 22.1. The predicted octanol–water partition coefficient (Wildman–Crippen LogP) is 1.03. The van der Waals surface area contributed by atoms with E-state index < -0.39 is 10.0 Å². The Hall–Kier alpha value is -0.860. The fraction of sp³-hybridized carbons (Fsp3) is 0.933. The fourth-order valence-electron chi connectivity index (χ4n) is 1.99. The predicted molar refractivity (Wildman–Crippen MR) is 96.4 cm³/mol. The van der Waals surface area contributed by atoms with E-state index in [9.17, 15) is 8.42 Å². The summed E-state index contributed by atoms with van der Waals surface area (Å²) in [7, 11) is -1.52. The van der Waals surface area contributed by atoms with Gasteiger partial charge < -0.3 is 15.4 Å². The Balaban J connectivity index is 3.91. The third-order valence-corrected chi connectivity index (χ3v) is 5.40. The Morgan fingerprint density at radius 1 is 1.04 bits per heavy atom. The van der Waals surface area contributed by atoms with Crippen molar-refractivity contribution in [3.8, 4) is 0 Å². The monoisotopic (exact) mass is 350 g/mol. The van der Waals surface area contributed by atoms with Gasteiger partial charge in [-0.25, -0.2) is 12.7 Å². The number of aliphatic imine (C=N–C) groups is 1. The number of sulfonamides is 1. The number of ether oxygens (including phenoxy) is 1. The molecule has 0 heterocycles. The lowest BCUT2D eigenvalue weighted by molar-refractivity contribution is 0.129. The van der Waals surface area contributed by atoms with Gasteiger partial charge in [-0.15, -0.1) is 0 Å². The molecule has 138 valence electrons. The van der Waals surface area contributed by atoms with Crippen molar-refractivity contribution < 1.29 is 13.2 Å². The minimum Gasteiger partial charge on any atom is -0.381 e. The molecule has 0 amide bonds. The van der Waals surface area contributed by atoms with Gasteiger partial charge in [0.05, 0.1) is 5.75 Å². The summed E-state index contributed by atoms with van der Waals surface area (Å²) in [6.45, 7) is 9.46. The molecule has 0 atom stereocenters. The van der Waals surface area contributed by atoms with Crippen molar-refractivity contribution in [2.24, 2.45) is 4.99 Å². The molecule has 23 heavy (non-hydrogen) atoms. The maximum Gasteiger partial charge on any atom is 0.215 e. The number of nitrogens with zero attached hydrogens (tertiary/aromatic N) is 2. The molecule has 0 spiro atoms. The number of hydrogen-bond acceptors (Lipinski definition) is 4. The Labute approximate surface area is 141 Å². The van der Waals surface area contributed by atoms with Crippen molar-refractivity contribution in [2.45, 2.75) is 40.0 Å². The van der Waals surface area contributed by atoms with Crippen molar-refractivity contribution in [1.29, 1.82) is 0 Å². The summed E-state index contributed by atoms with van der Waals surface area (Å²) in [5, 5.41) is 6.19. The van der Waals surface area contributed by atoms with Gasteiger partial charge in [-0.05, 0) is 12.8 Å². The topological polar surface area (TPSA) is 83.0 Å². The second-order valence-electron chi connectivity index (χ2n) is 5.15. The maximum absolute atomic E-state index is 12.1. The molecule has 0 aliphatic rings. The summed E-state index contributed by atoms with van der Waals surface area (Å²) in [5.74, 6) is 0.684. The van der Waals surface area contributed by atoms with Crippen LogP contribution in [0, 0.1) is 0 Å². The van der Waals surface area contributed by atoms with Crippen LogP contribution in [0.5, 0.6) is 0 Å². The van der Waals surface area contributed by atoms with E-state index in [1.165, 1.54) is 4.31 Å². The van der Waals surface area contributed by atoms with Crippen LogP contribution in [-0.2, 0) is 14.8 Å². The van der Waals surface area contributed by atoms with Crippen LogP contribution in [0.4, 0.5) is 0 Å². The highest BCUT2D eigenvalue weighted by Crippen LogP contribution is 1.99. The summed E-state index contributed by atoms with van der Waals surface area (Å²) < 4.78 is 31.1. The van der Waals surface area contributed by atoms with Gasteiger partial charge in [0.25, 0.3) is 0 Å². The third kappa shape index (κ3) is 10.5. The number of guanidine groups is 1. The molecule has 7 nitrogen and oxygen atoms in total. The first-order valence-electron chi connectivity index (χ1n) is 8.51. The average Bonchev–Trinajstić information content (AvgIpc) is 2.53. The van der Waals surface area contributed by atoms with Crippen molar-refractivity contribution >= 4 is 16.0 Å². The molecule has 0 rings (SSSR count). The first-order chi connectivity index (χ1) is 11.0. The standard InChI is InChI=1S/C15H34N4O3S/c1-5-8-12-22-13-9-10-17-15(16-4)18-11-14-23(20,21)19(6-2)7-3/h5-14H2,1-4H3,(H2,16,17,18). The summed E-state index contributed by atoms with van der Waals surface area (Å²) in [5.41, 5.74) is 0. The van der Waals surface area contributed by atoms with Crippen LogP contribution in [0.1, 0.15) is 40.0 Å². The smallest absolute Gasteiger partial charge is 0.215 e. The number of rotatable bonds is 13. The zero-order valence-corrected chi connectivity index (χ0v) is 15.9. The van der Waals surface area contributed by atoms with Gasteiger partial charge in [0.1, 0.15) is 0 Å². The molecule has 0 radical (unpaired) electrons. The quantitative estimate of drug-likeness (QED) is 0.294. The van der Waals surface area contributed by atoms with Gasteiger partial charge in [-0.1, -0.05) is 27.2 Å². The normalized spacial score (nSPS) is 12.7. The molecule has 2 N–H and O–H groups in total. The summed E-state index contributed by atoms with van der Waals surface area (Å²) in [6, 6.07) is 0. The second-order valence-corrected chi connectivity index (χ2v) is 7.23. The molecule has 0 aromatic carbocycles. The molecule has 0 unspecified atom stereocenters. The van der Waals surface area contributed by atoms with Crippen LogP contribution in [0.25, 0.3) is 0 Å². The number of unbranched alkanes of at least 4 members (excludes halogenated alkanes) is 1. The van der Waals surface area contributed by atoms with Crippen molar-refractivity contribution in [3.05, 3.63) is 0 Å². The maximum atomic E-state index is 12.1. The van der Waals surface area contributed by atoms with Gasteiger partial charge >= 0.3 is 0 Å². The van der Waals surface area contributed by atoms with E-state index in [1.807, 2.05) is 13.8 Å². The number of hydrogen-bond donors (Lipinski definition) is 2. The SMILES string of the molecule is CCCCOCCCNC(=NC)NCCS(=O)(=O)N(CC)CC. The highest BCUT2D eigenvalue weighted by Gasteiger charge is 2.18. The van der Waals surface area contributed by atoms with Crippen LogP contribution in [0.2, 0.25) is 0 Å². The molecule has 0 bridgehead atoms. The Kier molecular flexibility index (Phi) is 13.1. The molecule has 8 heteroatoms. The Morgan fingerprint density at radius 2 is 1.65 bits per heavy atom. The van der Waals surface area contributed by atoms with E-state index in [0.717, 1.165) is 39.0 Å². The van der Waals surface area contributed by atoms with E-state index in [0.29, 0.717) is 25.6 Å². The minimum absolute atomic E-state index is 0.0650. The highest BCUT2D eigenvalue weighted by atomic mass is 32.2. The zero-order valence-electron chi connectivity index (χ0n) is 15.1. The van der Waals surface area contributed by atoms with Crippen LogP contribution >= 0.6 is 0 Å². The van der Waals surface area contributed by atoms with E-state index in [4.69, 9.17) is 4.74 Å². The molecule has 0 aliphatic heterocycles. The summed E-state index contributed by atoms with van der Waals surface area (Å²) >= 11 is 0. The van der Waals surface area contributed by atoms with Gasteiger partial charge in [-0.3, -0.25) is 4.99 Å². The molecular formula is C15H34N4O3S. The van der Waals surface area contributed by atoms with E-state index >= 15 is 0 Å². The lowest BCUT2D eigenvalue weighted by Crippen LogP contribution is -2.42. The molecule has 0 aromatic rings. The lowest BCUT2D eigenvalue weighted by atomic mass is 10.4. The van der Waals surface area contributed by atoms with Crippen LogP contribution < -0.4 is 10.6 Å². The molecule has 0 fully saturated rings. The van der Waals surface area contributed by atoms with E-state index in [-0.39, 0.29) is 5.75 Å². The van der Waals surface area contributed by atoms with Gasteiger partial charge in [0.2, 0.25) is 10.0 Å². The summed E-state index contributed by atoms with van der Waals surface area (Å²) in [4.78, 5) is 4.09. The first-order valence-corrected chi connectivity index (χ1v) is 10.1. The molecule has 0 saturated carbocycles.